The second-order valence-electron chi connectivity index (χ2n) is 3.56. The Morgan fingerprint density at radius 3 is 3.08 bits per heavy atom. The van der Waals surface area contributed by atoms with Crippen molar-refractivity contribution in [3.63, 3.8) is 0 Å². The molecule has 2 heteroatoms. The van der Waals surface area contributed by atoms with Gasteiger partial charge < -0.3 is 5.73 Å². The highest BCUT2D eigenvalue weighted by molar-refractivity contribution is 5.44. The Bertz CT molecular complexity index is 363. The molecule has 1 aromatic carbocycles. The van der Waals surface area contributed by atoms with Crippen LogP contribution in [0, 0.1) is 11.3 Å². The summed E-state index contributed by atoms with van der Waals surface area (Å²) in [5.41, 5.74) is 9.16. The minimum absolute atomic E-state index is 0.279. The molecule has 2 N–H and O–H groups in total. The Balaban J connectivity index is 2.47. The third-order valence-electron chi connectivity index (χ3n) is 2.64. The summed E-state index contributed by atoms with van der Waals surface area (Å²) in [6.07, 6.45) is 2.89. The van der Waals surface area contributed by atoms with Gasteiger partial charge in [-0.3, -0.25) is 0 Å². The first-order valence-electron chi connectivity index (χ1n) is 4.57. The van der Waals surface area contributed by atoms with Gasteiger partial charge in [0, 0.05) is 6.04 Å². The summed E-state index contributed by atoms with van der Waals surface area (Å²) < 4.78 is 0. The van der Waals surface area contributed by atoms with Crippen molar-refractivity contribution in [3.8, 4) is 6.07 Å². The first kappa shape index (κ1) is 8.28. The Labute approximate surface area is 78.0 Å². The van der Waals surface area contributed by atoms with Crippen LogP contribution in [-0.2, 0) is 12.8 Å². The Hall–Kier alpha value is -1.33. The summed E-state index contributed by atoms with van der Waals surface area (Å²) in [7, 11) is 0. The monoisotopic (exact) mass is 172 g/mol. The maximum absolute atomic E-state index is 8.88. The van der Waals surface area contributed by atoms with Gasteiger partial charge in [0.1, 0.15) is 0 Å². The maximum atomic E-state index is 8.88. The SMILES string of the molecule is N#Cc1cccc2c1CCC(N)C2. The molecule has 0 bridgehead atoms. The summed E-state index contributed by atoms with van der Waals surface area (Å²) in [5.74, 6) is 0. The van der Waals surface area contributed by atoms with Gasteiger partial charge in [-0.05, 0) is 36.5 Å². The number of benzene rings is 1. The van der Waals surface area contributed by atoms with Crippen LogP contribution < -0.4 is 5.73 Å². The molecule has 0 radical (unpaired) electrons. The third-order valence-corrected chi connectivity index (χ3v) is 2.64. The van der Waals surface area contributed by atoms with Gasteiger partial charge in [-0.25, -0.2) is 0 Å². The molecule has 0 aliphatic heterocycles. The van der Waals surface area contributed by atoms with Gasteiger partial charge in [0.15, 0.2) is 0 Å². The lowest BCUT2D eigenvalue weighted by Gasteiger charge is -2.21. The van der Waals surface area contributed by atoms with Gasteiger partial charge in [0.05, 0.1) is 11.6 Å². The highest BCUT2D eigenvalue weighted by atomic mass is 14.6. The first-order chi connectivity index (χ1) is 6.31. The lowest BCUT2D eigenvalue weighted by molar-refractivity contribution is 0.576. The number of nitrogens with zero attached hydrogens (tertiary/aromatic N) is 1. The number of nitriles is 1. The molecule has 0 spiro atoms. The Kier molecular flexibility index (Phi) is 2.03. The zero-order valence-corrected chi connectivity index (χ0v) is 7.46. The normalized spacial score (nSPS) is 20.5. The van der Waals surface area contributed by atoms with Gasteiger partial charge in [-0.1, -0.05) is 12.1 Å². The molecule has 0 amide bonds. The van der Waals surface area contributed by atoms with E-state index in [1.54, 1.807) is 0 Å². The number of rotatable bonds is 0. The van der Waals surface area contributed by atoms with Crippen LogP contribution in [0.25, 0.3) is 0 Å². The molecule has 2 nitrogen and oxygen atoms in total. The summed E-state index contributed by atoms with van der Waals surface area (Å²) in [4.78, 5) is 0. The highest BCUT2D eigenvalue weighted by Crippen LogP contribution is 2.23. The van der Waals surface area contributed by atoms with E-state index < -0.39 is 0 Å². The van der Waals surface area contributed by atoms with Crippen molar-refractivity contribution in [1.29, 1.82) is 5.26 Å². The van der Waals surface area contributed by atoms with E-state index >= 15 is 0 Å². The van der Waals surface area contributed by atoms with E-state index in [0.29, 0.717) is 0 Å². The number of hydrogen-bond donors (Lipinski definition) is 1. The minimum atomic E-state index is 0.279. The lowest BCUT2D eigenvalue weighted by Crippen LogP contribution is -2.28. The second-order valence-corrected chi connectivity index (χ2v) is 3.56. The molecule has 0 aromatic heterocycles. The third kappa shape index (κ3) is 1.43. The fourth-order valence-electron chi connectivity index (χ4n) is 1.94. The van der Waals surface area contributed by atoms with E-state index in [1.807, 2.05) is 12.1 Å². The van der Waals surface area contributed by atoms with Crippen LogP contribution >= 0.6 is 0 Å². The molecule has 0 heterocycles. The molecule has 1 atom stereocenters. The van der Waals surface area contributed by atoms with Crippen LogP contribution in [0.15, 0.2) is 18.2 Å². The van der Waals surface area contributed by atoms with Gasteiger partial charge >= 0.3 is 0 Å². The van der Waals surface area contributed by atoms with E-state index in [2.05, 4.69) is 12.1 Å². The van der Waals surface area contributed by atoms with Crippen molar-refractivity contribution in [2.24, 2.45) is 5.73 Å². The fraction of sp³-hybridized carbons (Fsp3) is 0.364. The molecule has 13 heavy (non-hydrogen) atoms. The molecule has 1 aliphatic rings. The van der Waals surface area contributed by atoms with Crippen LogP contribution in [0.1, 0.15) is 23.1 Å². The summed E-state index contributed by atoms with van der Waals surface area (Å²) in [5, 5.41) is 8.88. The average Bonchev–Trinajstić information content (AvgIpc) is 2.16. The Morgan fingerprint density at radius 2 is 2.31 bits per heavy atom. The van der Waals surface area contributed by atoms with Crippen molar-refractivity contribution in [2.45, 2.75) is 25.3 Å². The fourth-order valence-corrected chi connectivity index (χ4v) is 1.94. The van der Waals surface area contributed by atoms with Gasteiger partial charge in [0.25, 0.3) is 0 Å². The smallest absolute Gasteiger partial charge is 0.0994 e. The topological polar surface area (TPSA) is 49.8 Å². The maximum Gasteiger partial charge on any atom is 0.0994 e. The number of nitrogens with two attached hydrogens (primary N) is 1. The quantitative estimate of drug-likeness (QED) is 0.642. The molecule has 0 fully saturated rings. The zero-order chi connectivity index (χ0) is 9.26. The van der Waals surface area contributed by atoms with Crippen molar-refractivity contribution in [3.05, 3.63) is 34.9 Å². The van der Waals surface area contributed by atoms with Crippen LogP contribution in [-0.4, -0.2) is 6.04 Å². The molecule has 1 aliphatic carbocycles. The molecule has 2 rings (SSSR count). The summed E-state index contributed by atoms with van der Waals surface area (Å²) in [6.45, 7) is 0. The predicted molar refractivity (Wildman–Crippen MR) is 51.2 cm³/mol. The predicted octanol–water partition coefficient (Wildman–Crippen LogP) is 1.37. The highest BCUT2D eigenvalue weighted by Gasteiger charge is 2.17. The van der Waals surface area contributed by atoms with Crippen molar-refractivity contribution in [2.75, 3.05) is 0 Å². The van der Waals surface area contributed by atoms with E-state index in [1.165, 1.54) is 11.1 Å². The number of hydrogen-bond acceptors (Lipinski definition) is 2. The van der Waals surface area contributed by atoms with Crippen LogP contribution in [0.3, 0.4) is 0 Å². The van der Waals surface area contributed by atoms with E-state index in [4.69, 9.17) is 11.0 Å². The van der Waals surface area contributed by atoms with Crippen molar-refractivity contribution in [1.82, 2.24) is 0 Å². The Morgan fingerprint density at radius 1 is 1.46 bits per heavy atom. The van der Waals surface area contributed by atoms with Crippen LogP contribution in [0.5, 0.6) is 0 Å². The summed E-state index contributed by atoms with van der Waals surface area (Å²) >= 11 is 0. The van der Waals surface area contributed by atoms with E-state index in [0.717, 1.165) is 24.8 Å². The largest absolute Gasteiger partial charge is 0.327 e. The number of fused-ring (bicyclic) bond motifs is 1. The standard InChI is InChI=1S/C11H12N2/c12-7-9-3-1-2-8-6-10(13)4-5-11(8)9/h1-3,10H,4-6,13H2. The van der Waals surface area contributed by atoms with Crippen LogP contribution in [0.4, 0.5) is 0 Å². The zero-order valence-electron chi connectivity index (χ0n) is 7.46. The molecule has 1 aromatic rings. The first-order valence-corrected chi connectivity index (χ1v) is 4.57. The van der Waals surface area contributed by atoms with Crippen molar-refractivity contribution < 1.29 is 0 Å². The van der Waals surface area contributed by atoms with Gasteiger partial charge in [0.2, 0.25) is 0 Å². The molecular formula is C11H12N2. The van der Waals surface area contributed by atoms with Crippen molar-refractivity contribution >= 4 is 0 Å². The summed E-state index contributed by atoms with van der Waals surface area (Å²) in [6, 6.07) is 8.41. The van der Waals surface area contributed by atoms with E-state index in [9.17, 15) is 0 Å². The molecule has 66 valence electrons. The lowest BCUT2D eigenvalue weighted by atomic mass is 9.86. The average molecular weight is 172 g/mol. The molecule has 0 saturated heterocycles. The van der Waals surface area contributed by atoms with Gasteiger partial charge in [-0.2, -0.15) is 5.26 Å². The molecule has 1 unspecified atom stereocenters. The minimum Gasteiger partial charge on any atom is -0.327 e. The molecular weight excluding hydrogens is 160 g/mol. The van der Waals surface area contributed by atoms with E-state index in [-0.39, 0.29) is 6.04 Å². The molecule has 0 saturated carbocycles. The van der Waals surface area contributed by atoms with Gasteiger partial charge in [-0.15, -0.1) is 0 Å². The van der Waals surface area contributed by atoms with Crippen LogP contribution in [0.2, 0.25) is 0 Å². The second kappa shape index (κ2) is 3.20.